The molecule has 0 radical (unpaired) electrons. The van der Waals surface area contributed by atoms with Gasteiger partial charge < -0.3 is 10.6 Å². The molecular formula is C12H11ClN4O. The van der Waals surface area contributed by atoms with Gasteiger partial charge in [0.15, 0.2) is 5.69 Å². The Morgan fingerprint density at radius 2 is 1.83 bits per heavy atom. The first-order valence-corrected chi connectivity index (χ1v) is 5.65. The van der Waals surface area contributed by atoms with Crippen LogP contribution in [0.4, 0.5) is 11.5 Å². The third-order valence-corrected chi connectivity index (χ3v) is 2.51. The van der Waals surface area contributed by atoms with Gasteiger partial charge in [-0.05, 0) is 36.4 Å². The molecule has 5 nitrogen and oxygen atoms in total. The van der Waals surface area contributed by atoms with Gasteiger partial charge >= 0.3 is 0 Å². The van der Waals surface area contributed by atoms with E-state index in [-0.39, 0.29) is 11.6 Å². The van der Waals surface area contributed by atoms with Crippen LogP contribution in [0.25, 0.3) is 0 Å². The van der Waals surface area contributed by atoms with Crippen molar-refractivity contribution in [1.29, 1.82) is 0 Å². The van der Waals surface area contributed by atoms with E-state index in [2.05, 4.69) is 20.8 Å². The number of hydrogen-bond acceptors (Lipinski definition) is 4. The van der Waals surface area contributed by atoms with Gasteiger partial charge in [-0.3, -0.25) is 4.79 Å². The maximum absolute atomic E-state index is 11.8. The number of hydrogen-bond donors (Lipinski definition) is 2. The summed E-state index contributed by atoms with van der Waals surface area (Å²) in [7, 11) is 1.73. The molecule has 0 saturated heterocycles. The zero-order chi connectivity index (χ0) is 13.0. The number of benzene rings is 1. The SMILES string of the molecule is CNc1ccc(C(=O)Nc2ccc(Cl)cc2)nn1. The standard InChI is InChI=1S/C12H11ClN4O/c1-14-11-7-6-10(16-17-11)12(18)15-9-4-2-8(13)3-5-9/h2-7H,1H3,(H,14,17)(H,15,18). The molecule has 0 bridgehead atoms. The van der Waals surface area contributed by atoms with Crippen LogP contribution >= 0.6 is 11.6 Å². The summed E-state index contributed by atoms with van der Waals surface area (Å²) in [6, 6.07) is 10.1. The molecule has 1 heterocycles. The van der Waals surface area contributed by atoms with Crippen molar-refractivity contribution < 1.29 is 4.79 Å². The Labute approximate surface area is 109 Å². The van der Waals surface area contributed by atoms with Gasteiger partial charge in [-0.2, -0.15) is 0 Å². The molecule has 92 valence electrons. The second-order valence-corrected chi connectivity index (χ2v) is 3.95. The lowest BCUT2D eigenvalue weighted by atomic mass is 10.3. The molecule has 2 rings (SSSR count). The van der Waals surface area contributed by atoms with Gasteiger partial charge in [0.1, 0.15) is 5.82 Å². The Kier molecular flexibility index (Phi) is 3.74. The molecule has 1 aromatic heterocycles. The molecule has 0 atom stereocenters. The van der Waals surface area contributed by atoms with Crippen molar-refractivity contribution in [2.45, 2.75) is 0 Å². The van der Waals surface area contributed by atoms with E-state index in [4.69, 9.17) is 11.6 Å². The van der Waals surface area contributed by atoms with Gasteiger partial charge in [0, 0.05) is 17.8 Å². The Hall–Kier alpha value is -2.14. The second-order valence-electron chi connectivity index (χ2n) is 3.51. The van der Waals surface area contributed by atoms with Gasteiger partial charge in [-0.25, -0.2) is 0 Å². The van der Waals surface area contributed by atoms with Crippen molar-refractivity contribution in [3.8, 4) is 0 Å². The third-order valence-electron chi connectivity index (χ3n) is 2.26. The van der Waals surface area contributed by atoms with E-state index in [1.54, 1.807) is 43.4 Å². The zero-order valence-electron chi connectivity index (χ0n) is 9.64. The largest absolute Gasteiger partial charge is 0.372 e. The van der Waals surface area contributed by atoms with E-state index in [9.17, 15) is 4.79 Å². The van der Waals surface area contributed by atoms with E-state index >= 15 is 0 Å². The van der Waals surface area contributed by atoms with Gasteiger partial charge in [0.05, 0.1) is 0 Å². The first-order valence-electron chi connectivity index (χ1n) is 5.27. The number of amides is 1. The lowest BCUT2D eigenvalue weighted by Crippen LogP contribution is -2.14. The lowest BCUT2D eigenvalue weighted by molar-refractivity contribution is 0.102. The van der Waals surface area contributed by atoms with E-state index in [0.717, 1.165) is 0 Å². The van der Waals surface area contributed by atoms with Crippen LogP contribution in [-0.4, -0.2) is 23.2 Å². The fourth-order valence-corrected chi connectivity index (χ4v) is 1.44. The Morgan fingerprint density at radius 1 is 1.11 bits per heavy atom. The smallest absolute Gasteiger partial charge is 0.276 e. The summed E-state index contributed by atoms with van der Waals surface area (Å²) in [5, 5.41) is 13.8. The highest BCUT2D eigenvalue weighted by Crippen LogP contribution is 2.14. The predicted molar refractivity (Wildman–Crippen MR) is 71.0 cm³/mol. The minimum absolute atomic E-state index is 0.254. The number of carbonyl (C=O) groups excluding carboxylic acids is 1. The van der Waals surface area contributed by atoms with Crippen LogP contribution in [-0.2, 0) is 0 Å². The monoisotopic (exact) mass is 262 g/mol. The third kappa shape index (κ3) is 2.95. The molecule has 1 aromatic carbocycles. The number of halogens is 1. The maximum Gasteiger partial charge on any atom is 0.276 e. The molecule has 18 heavy (non-hydrogen) atoms. The first kappa shape index (κ1) is 12.3. The highest BCUT2D eigenvalue weighted by Gasteiger charge is 2.08. The molecule has 1 amide bonds. The number of nitrogens with zero attached hydrogens (tertiary/aromatic N) is 2. The Balaban J connectivity index is 2.09. The van der Waals surface area contributed by atoms with E-state index in [0.29, 0.717) is 16.5 Å². The molecule has 0 aliphatic carbocycles. The van der Waals surface area contributed by atoms with Crippen LogP contribution in [0.2, 0.25) is 5.02 Å². The molecule has 0 aliphatic rings. The van der Waals surface area contributed by atoms with Crippen molar-refractivity contribution in [3.63, 3.8) is 0 Å². The molecule has 2 N–H and O–H groups in total. The van der Waals surface area contributed by atoms with Crippen molar-refractivity contribution in [2.24, 2.45) is 0 Å². The number of rotatable bonds is 3. The van der Waals surface area contributed by atoms with E-state index in [1.165, 1.54) is 0 Å². The minimum Gasteiger partial charge on any atom is -0.372 e. The maximum atomic E-state index is 11.8. The summed E-state index contributed by atoms with van der Waals surface area (Å²) in [4.78, 5) is 11.8. The molecular weight excluding hydrogens is 252 g/mol. The van der Waals surface area contributed by atoms with Crippen molar-refractivity contribution >= 4 is 29.0 Å². The van der Waals surface area contributed by atoms with E-state index < -0.39 is 0 Å². The minimum atomic E-state index is -0.313. The van der Waals surface area contributed by atoms with Gasteiger partial charge in [-0.15, -0.1) is 10.2 Å². The molecule has 0 spiro atoms. The Bertz CT molecular complexity index is 539. The van der Waals surface area contributed by atoms with E-state index in [1.807, 2.05) is 0 Å². The van der Waals surface area contributed by atoms with Crippen LogP contribution < -0.4 is 10.6 Å². The molecule has 0 unspecified atom stereocenters. The average Bonchev–Trinajstić information content (AvgIpc) is 2.41. The summed E-state index contributed by atoms with van der Waals surface area (Å²) >= 11 is 5.76. The molecule has 6 heteroatoms. The summed E-state index contributed by atoms with van der Waals surface area (Å²) in [5.41, 5.74) is 0.910. The van der Waals surface area contributed by atoms with Gasteiger partial charge in [-0.1, -0.05) is 11.6 Å². The number of anilines is 2. The first-order chi connectivity index (χ1) is 8.69. The zero-order valence-corrected chi connectivity index (χ0v) is 10.4. The lowest BCUT2D eigenvalue weighted by Gasteiger charge is -2.04. The topological polar surface area (TPSA) is 66.9 Å². The van der Waals surface area contributed by atoms with Crippen LogP contribution in [0, 0.1) is 0 Å². The summed E-state index contributed by atoms with van der Waals surface area (Å²) < 4.78 is 0. The van der Waals surface area contributed by atoms with Crippen molar-refractivity contribution in [2.75, 3.05) is 17.7 Å². The van der Waals surface area contributed by atoms with Crippen LogP contribution in [0.3, 0.4) is 0 Å². The molecule has 0 aliphatic heterocycles. The second kappa shape index (κ2) is 5.46. The van der Waals surface area contributed by atoms with Gasteiger partial charge in [0.2, 0.25) is 0 Å². The van der Waals surface area contributed by atoms with Crippen LogP contribution in [0.1, 0.15) is 10.5 Å². The predicted octanol–water partition coefficient (Wildman–Crippen LogP) is 2.42. The number of nitrogens with one attached hydrogen (secondary N) is 2. The summed E-state index contributed by atoms with van der Waals surface area (Å²) in [5.74, 6) is 0.297. The van der Waals surface area contributed by atoms with Crippen molar-refractivity contribution in [1.82, 2.24) is 10.2 Å². The van der Waals surface area contributed by atoms with Crippen molar-refractivity contribution in [3.05, 3.63) is 47.1 Å². The van der Waals surface area contributed by atoms with Crippen LogP contribution in [0.15, 0.2) is 36.4 Å². The normalized spacial score (nSPS) is 9.89. The summed E-state index contributed by atoms with van der Waals surface area (Å²) in [6.45, 7) is 0. The highest BCUT2D eigenvalue weighted by molar-refractivity contribution is 6.30. The average molecular weight is 263 g/mol. The number of aromatic nitrogens is 2. The quantitative estimate of drug-likeness (QED) is 0.892. The number of carbonyl (C=O) groups is 1. The van der Waals surface area contributed by atoms with Crippen LogP contribution in [0.5, 0.6) is 0 Å². The highest BCUT2D eigenvalue weighted by atomic mass is 35.5. The molecule has 0 saturated carbocycles. The van der Waals surface area contributed by atoms with Gasteiger partial charge in [0.25, 0.3) is 5.91 Å². The fraction of sp³-hybridized carbons (Fsp3) is 0.0833. The Morgan fingerprint density at radius 3 is 2.39 bits per heavy atom. The fourth-order valence-electron chi connectivity index (χ4n) is 1.32. The molecule has 0 fully saturated rings. The molecule has 2 aromatic rings. The summed E-state index contributed by atoms with van der Waals surface area (Å²) in [6.07, 6.45) is 0.